The Balaban J connectivity index is 1.75. The van der Waals surface area contributed by atoms with Gasteiger partial charge in [-0.3, -0.25) is 0 Å². The minimum Gasteiger partial charge on any atom is -0.619 e. The van der Waals surface area contributed by atoms with E-state index in [-0.39, 0.29) is 5.92 Å². The maximum atomic E-state index is 14.1. The van der Waals surface area contributed by atoms with Gasteiger partial charge < -0.3 is 9.94 Å². The van der Waals surface area contributed by atoms with Crippen molar-refractivity contribution in [2.45, 2.75) is 31.4 Å². The van der Waals surface area contributed by atoms with Crippen LogP contribution in [0.4, 0.5) is 0 Å². The Bertz CT molecular complexity index is 931. The van der Waals surface area contributed by atoms with Crippen LogP contribution in [0, 0.1) is 11.1 Å². The molecule has 1 aromatic rings. The summed E-state index contributed by atoms with van der Waals surface area (Å²) < 4.78 is 5.68. The Kier molecular flexibility index (Phi) is 3.35. The van der Waals surface area contributed by atoms with Crippen LogP contribution in [0.5, 0.6) is 0 Å². The summed E-state index contributed by atoms with van der Waals surface area (Å²) in [6.07, 6.45) is 10.3. The quantitative estimate of drug-likeness (QED) is 0.526. The monoisotopic (exact) mass is 366 g/mol. The number of nitrogens with zero attached hydrogens (tertiary/aromatic N) is 2. The van der Waals surface area contributed by atoms with Gasteiger partial charge in [0, 0.05) is 5.92 Å². The second-order valence-corrected chi connectivity index (χ2v) is 7.76. The lowest BCUT2D eigenvalue weighted by Crippen LogP contribution is -2.60. The lowest BCUT2D eigenvalue weighted by Gasteiger charge is -2.51. The third kappa shape index (κ3) is 1.89. The van der Waals surface area contributed by atoms with Crippen LogP contribution >= 0.6 is 11.6 Å². The largest absolute Gasteiger partial charge is 0.619 e. The Morgan fingerprint density at radius 3 is 2.92 bits per heavy atom. The van der Waals surface area contributed by atoms with Gasteiger partial charge in [-0.2, -0.15) is 0 Å². The van der Waals surface area contributed by atoms with Crippen molar-refractivity contribution in [3.8, 4) is 0 Å². The van der Waals surface area contributed by atoms with Crippen LogP contribution in [0.2, 0.25) is 0 Å². The van der Waals surface area contributed by atoms with Crippen molar-refractivity contribution in [3.63, 3.8) is 0 Å². The Morgan fingerprint density at radius 1 is 1.31 bits per heavy atom. The van der Waals surface area contributed by atoms with Gasteiger partial charge in [0.25, 0.3) is 6.23 Å². The zero-order valence-corrected chi connectivity index (χ0v) is 15.2. The summed E-state index contributed by atoms with van der Waals surface area (Å²) in [6, 6.07) is 10.1. The topological polar surface area (TPSA) is 44.7 Å². The van der Waals surface area contributed by atoms with Crippen molar-refractivity contribution in [3.05, 3.63) is 87.6 Å². The molecule has 26 heavy (non-hydrogen) atoms. The van der Waals surface area contributed by atoms with Crippen LogP contribution < -0.4 is 0 Å². The first-order valence-corrected chi connectivity index (χ1v) is 9.30. The van der Waals surface area contributed by atoms with Crippen LogP contribution in [0.25, 0.3) is 0 Å². The standard InChI is InChI=1S/C21H19ClN2O2/c1-14-10-11-16(22)19-18(14)24(25)13-23-17-9-5-6-12-21(17,20(24)26-19)15-7-3-2-4-8-15/h2-9,11,13-14,20H,10,12H2,1H3. The first-order valence-electron chi connectivity index (χ1n) is 8.92. The van der Waals surface area contributed by atoms with Gasteiger partial charge in [-0.15, -0.1) is 0 Å². The fraction of sp³-hybridized carbons (Fsp3) is 0.286. The summed E-state index contributed by atoms with van der Waals surface area (Å²) in [7, 11) is 0. The van der Waals surface area contributed by atoms with E-state index in [1.54, 1.807) is 0 Å². The van der Waals surface area contributed by atoms with Crippen LogP contribution in [-0.4, -0.2) is 17.2 Å². The number of rotatable bonds is 1. The van der Waals surface area contributed by atoms with Crippen molar-refractivity contribution in [2.24, 2.45) is 10.9 Å². The molecular weight excluding hydrogens is 348 g/mol. The molecule has 0 saturated carbocycles. The number of aliphatic imine (C=N–C) groups is 1. The summed E-state index contributed by atoms with van der Waals surface area (Å²) in [4.78, 5) is 4.63. The van der Waals surface area contributed by atoms with Gasteiger partial charge in [0.05, 0.1) is 10.7 Å². The Labute approximate surface area is 157 Å². The number of quaternary nitrogens is 1. The van der Waals surface area contributed by atoms with Crippen molar-refractivity contribution in [1.29, 1.82) is 0 Å². The first-order chi connectivity index (χ1) is 12.6. The van der Waals surface area contributed by atoms with Crippen molar-refractivity contribution in [2.75, 3.05) is 0 Å². The van der Waals surface area contributed by atoms with Gasteiger partial charge in [-0.25, -0.2) is 9.64 Å². The van der Waals surface area contributed by atoms with Crippen LogP contribution in [0.15, 0.2) is 81.8 Å². The fourth-order valence-corrected chi connectivity index (χ4v) is 4.89. The molecule has 0 bridgehead atoms. The number of halogens is 1. The molecule has 2 heterocycles. The van der Waals surface area contributed by atoms with E-state index in [1.807, 2.05) is 43.4 Å². The SMILES string of the molecule is CC1CC=C(Cl)C2=C1[N+]1([O-])C=NC3=CC=CCC3(c3ccccc3)C1O2. The average molecular weight is 367 g/mol. The predicted octanol–water partition coefficient (Wildman–Crippen LogP) is 4.86. The highest BCUT2D eigenvalue weighted by molar-refractivity contribution is 6.31. The third-order valence-electron chi connectivity index (χ3n) is 5.89. The molecule has 2 aliphatic carbocycles. The van der Waals surface area contributed by atoms with Crippen molar-refractivity contribution < 1.29 is 9.38 Å². The van der Waals surface area contributed by atoms with E-state index >= 15 is 0 Å². The molecule has 5 heteroatoms. The molecule has 132 valence electrons. The summed E-state index contributed by atoms with van der Waals surface area (Å²) in [5.74, 6) is 0.613. The highest BCUT2D eigenvalue weighted by Crippen LogP contribution is 2.56. The number of fused-ring (bicyclic) bond motifs is 4. The van der Waals surface area contributed by atoms with Crippen LogP contribution in [0.3, 0.4) is 0 Å². The molecule has 4 aliphatic rings. The molecule has 0 aromatic heterocycles. The van der Waals surface area contributed by atoms with Gasteiger partial charge >= 0.3 is 0 Å². The lowest BCUT2D eigenvalue weighted by atomic mass is 9.70. The number of hydrogen-bond donors (Lipinski definition) is 0. The molecule has 0 fully saturated rings. The highest BCUT2D eigenvalue weighted by Gasteiger charge is 2.62. The summed E-state index contributed by atoms with van der Waals surface area (Å²) in [5.41, 5.74) is 1.98. The maximum absolute atomic E-state index is 14.1. The van der Waals surface area contributed by atoms with Crippen LogP contribution in [0.1, 0.15) is 25.3 Å². The summed E-state index contributed by atoms with van der Waals surface area (Å²) >= 11 is 6.43. The molecule has 4 atom stereocenters. The molecule has 4 nitrogen and oxygen atoms in total. The molecule has 1 aromatic carbocycles. The molecule has 0 amide bonds. The highest BCUT2D eigenvalue weighted by atomic mass is 35.5. The molecule has 0 N–H and O–H groups in total. The van der Waals surface area contributed by atoms with E-state index in [2.05, 4.69) is 23.2 Å². The van der Waals surface area contributed by atoms with E-state index in [9.17, 15) is 5.21 Å². The number of allylic oxidation sites excluding steroid dienone is 6. The second-order valence-electron chi connectivity index (χ2n) is 7.35. The van der Waals surface area contributed by atoms with E-state index in [0.29, 0.717) is 22.9 Å². The molecule has 5 rings (SSSR count). The zero-order valence-electron chi connectivity index (χ0n) is 14.4. The summed E-state index contributed by atoms with van der Waals surface area (Å²) in [6.45, 7) is 2.05. The molecule has 0 radical (unpaired) electrons. The second kappa shape index (κ2) is 5.43. The van der Waals surface area contributed by atoms with E-state index < -0.39 is 16.3 Å². The Morgan fingerprint density at radius 2 is 2.12 bits per heavy atom. The lowest BCUT2D eigenvalue weighted by molar-refractivity contribution is -0.798. The number of benzene rings is 1. The zero-order chi connectivity index (χ0) is 17.9. The molecular formula is C21H19ClN2O2. The number of ether oxygens (including phenoxy) is 1. The maximum Gasteiger partial charge on any atom is 0.259 e. The van der Waals surface area contributed by atoms with Gasteiger partial charge in [-0.05, 0) is 24.5 Å². The first kappa shape index (κ1) is 16.1. The fourth-order valence-electron chi connectivity index (χ4n) is 4.66. The van der Waals surface area contributed by atoms with Crippen LogP contribution in [-0.2, 0) is 10.2 Å². The predicted molar refractivity (Wildman–Crippen MR) is 102 cm³/mol. The van der Waals surface area contributed by atoms with E-state index in [1.165, 1.54) is 6.34 Å². The normalized spacial score (nSPS) is 37.3. The molecule has 2 aliphatic heterocycles. The Hall–Kier alpha value is -2.14. The minimum absolute atomic E-state index is 0.0685. The van der Waals surface area contributed by atoms with Crippen molar-refractivity contribution >= 4 is 17.9 Å². The smallest absolute Gasteiger partial charge is 0.259 e. The van der Waals surface area contributed by atoms with Gasteiger partial charge in [0.1, 0.15) is 5.41 Å². The van der Waals surface area contributed by atoms with E-state index in [0.717, 1.165) is 17.7 Å². The number of hydrogen-bond acceptors (Lipinski definition) is 3. The average Bonchev–Trinajstić information content (AvgIpc) is 3.01. The molecule has 4 unspecified atom stereocenters. The summed E-state index contributed by atoms with van der Waals surface area (Å²) in [5, 5.41) is 14.6. The van der Waals surface area contributed by atoms with E-state index in [4.69, 9.17) is 16.3 Å². The van der Waals surface area contributed by atoms with Gasteiger partial charge in [0.15, 0.2) is 12.0 Å². The molecule has 0 saturated heterocycles. The number of hydroxylamine groups is 3. The van der Waals surface area contributed by atoms with Gasteiger partial charge in [0.2, 0.25) is 5.76 Å². The minimum atomic E-state index is -0.680. The van der Waals surface area contributed by atoms with Gasteiger partial charge in [-0.1, -0.05) is 67.1 Å². The third-order valence-corrected chi connectivity index (χ3v) is 6.21. The van der Waals surface area contributed by atoms with Crippen molar-refractivity contribution in [1.82, 2.24) is 0 Å². The molecule has 0 spiro atoms.